The zero-order valence-electron chi connectivity index (χ0n) is 7.16. The van der Waals surface area contributed by atoms with Crippen LogP contribution in [0.15, 0.2) is 18.2 Å². The third-order valence-corrected chi connectivity index (χ3v) is 3.30. The van der Waals surface area contributed by atoms with Crippen molar-refractivity contribution >= 4 is 11.8 Å². The number of aliphatic hydroxyl groups is 1. The topological polar surface area (TPSA) is 20.2 Å². The van der Waals surface area contributed by atoms with Gasteiger partial charge in [-0.25, -0.2) is 4.39 Å². The third kappa shape index (κ3) is 1.86. The van der Waals surface area contributed by atoms with Gasteiger partial charge in [-0.3, -0.25) is 0 Å². The summed E-state index contributed by atoms with van der Waals surface area (Å²) in [6.45, 7) is 0. The van der Waals surface area contributed by atoms with Gasteiger partial charge in [-0.1, -0.05) is 6.07 Å². The van der Waals surface area contributed by atoms with Crippen molar-refractivity contribution in [1.29, 1.82) is 0 Å². The minimum absolute atomic E-state index is 0.260. The van der Waals surface area contributed by atoms with E-state index in [2.05, 4.69) is 0 Å². The van der Waals surface area contributed by atoms with Crippen molar-refractivity contribution in [3.63, 3.8) is 0 Å². The van der Waals surface area contributed by atoms with Crippen molar-refractivity contribution in [1.82, 2.24) is 0 Å². The Morgan fingerprint density at radius 2 is 2.31 bits per heavy atom. The van der Waals surface area contributed by atoms with E-state index in [4.69, 9.17) is 0 Å². The van der Waals surface area contributed by atoms with Crippen molar-refractivity contribution in [3.8, 4) is 0 Å². The summed E-state index contributed by atoms with van der Waals surface area (Å²) in [4.78, 5) is 0. The molecule has 0 fully saturated rings. The molecule has 1 nitrogen and oxygen atoms in total. The molecule has 13 heavy (non-hydrogen) atoms. The highest BCUT2D eigenvalue weighted by atomic mass is 32.2. The van der Waals surface area contributed by atoms with Crippen LogP contribution >= 0.6 is 11.8 Å². The maximum atomic E-state index is 12.9. The number of rotatable bonds is 0. The van der Waals surface area contributed by atoms with E-state index in [9.17, 15) is 9.50 Å². The molecule has 0 aromatic heterocycles. The Morgan fingerprint density at radius 3 is 3.15 bits per heavy atom. The molecule has 0 saturated carbocycles. The van der Waals surface area contributed by atoms with Gasteiger partial charge < -0.3 is 5.11 Å². The average molecular weight is 198 g/mol. The first-order valence-electron chi connectivity index (χ1n) is 4.31. The first kappa shape index (κ1) is 9.03. The lowest BCUT2D eigenvalue weighted by atomic mass is 10.0. The standard InChI is InChI=1S/C10H11FOS/c11-8-2-1-7-6-13-4-3-10(12)9(7)5-8/h1-2,5,10,12H,3-4,6H2/t10-/m0/s1. The summed E-state index contributed by atoms with van der Waals surface area (Å²) in [7, 11) is 0. The van der Waals surface area contributed by atoms with Crippen LogP contribution in [0.1, 0.15) is 23.7 Å². The highest BCUT2D eigenvalue weighted by molar-refractivity contribution is 7.98. The minimum atomic E-state index is -0.485. The number of fused-ring (bicyclic) bond motifs is 1. The van der Waals surface area contributed by atoms with Gasteiger partial charge in [0, 0.05) is 5.75 Å². The summed E-state index contributed by atoms with van der Waals surface area (Å²) < 4.78 is 12.9. The first-order chi connectivity index (χ1) is 6.27. The second kappa shape index (κ2) is 3.68. The van der Waals surface area contributed by atoms with Crippen LogP contribution in [0.4, 0.5) is 4.39 Å². The number of hydrogen-bond donors (Lipinski definition) is 1. The number of benzene rings is 1. The quantitative estimate of drug-likeness (QED) is 0.691. The Hall–Kier alpha value is -0.540. The van der Waals surface area contributed by atoms with Gasteiger partial charge in [0.1, 0.15) is 5.82 Å². The summed E-state index contributed by atoms with van der Waals surface area (Å²) in [6, 6.07) is 4.68. The molecule has 0 saturated heterocycles. The van der Waals surface area contributed by atoms with Gasteiger partial charge in [-0.15, -0.1) is 0 Å². The van der Waals surface area contributed by atoms with E-state index < -0.39 is 6.10 Å². The molecule has 1 aliphatic heterocycles. The van der Waals surface area contributed by atoms with Crippen LogP contribution in [0, 0.1) is 5.82 Å². The average Bonchev–Trinajstić information content (AvgIpc) is 2.29. The SMILES string of the molecule is O[C@H]1CCSCc2ccc(F)cc21. The van der Waals surface area contributed by atoms with Crippen LogP contribution in [0.2, 0.25) is 0 Å². The largest absolute Gasteiger partial charge is 0.388 e. The molecule has 0 radical (unpaired) electrons. The monoisotopic (exact) mass is 198 g/mol. The normalized spacial score (nSPS) is 22.2. The summed E-state index contributed by atoms with van der Waals surface area (Å²) in [5.74, 6) is 1.56. The Morgan fingerprint density at radius 1 is 1.46 bits per heavy atom. The van der Waals surface area contributed by atoms with Gasteiger partial charge >= 0.3 is 0 Å². The lowest BCUT2D eigenvalue weighted by Crippen LogP contribution is -1.99. The highest BCUT2D eigenvalue weighted by Gasteiger charge is 2.16. The fourth-order valence-corrected chi connectivity index (χ4v) is 2.56. The molecule has 1 aliphatic rings. The van der Waals surface area contributed by atoms with E-state index in [1.165, 1.54) is 12.1 Å². The zero-order chi connectivity index (χ0) is 9.26. The predicted octanol–water partition coefficient (Wildman–Crippen LogP) is 2.50. The summed E-state index contributed by atoms with van der Waals surface area (Å²) >= 11 is 1.79. The van der Waals surface area contributed by atoms with Crippen molar-refractivity contribution in [2.45, 2.75) is 18.3 Å². The number of halogens is 1. The molecule has 1 aromatic carbocycles. The predicted molar refractivity (Wildman–Crippen MR) is 52.1 cm³/mol. The van der Waals surface area contributed by atoms with E-state index in [0.717, 1.165) is 29.1 Å². The summed E-state index contributed by atoms with van der Waals surface area (Å²) in [6.07, 6.45) is 0.238. The molecule has 0 spiro atoms. The smallest absolute Gasteiger partial charge is 0.123 e. The molecule has 0 aliphatic carbocycles. The van der Waals surface area contributed by atoms with E-state index in [1.54, 1.807) is 17.8 Å². The first-order valence-corrected chi connectivity index (χ1v) is 5.47. The second-order valence-corrected chi connectivity index (χ2v) is 4.31. The molecule has 0 unspecified atom stereocenters. The Bertz CT molecular complexity index is 314. The molecule has 70 valence electrons. The third-order valence-electron chi connectivity index (χ3n) is 2.26. The Kier molecular flexibility index (Phi) is 2.56. The van der Waals surface area contributed by atoms with E-state index in [-0.39, 0.29) is 5.82 Å². The van der Waals surface area contributed by atoms with E-state index in [1.807, 2.05) is 0 Å². The summed E-state index contributed by atoms with van der Waals surface area (Å²) in [5.41, 5.74) is 1.83. The van der Waals surface area contributed by atoms with Gasteiger partial charge in [0.2, 0.25) is 0 Å². The molecule has 1 N–H and O–H groups in total. The number of thioether (sulfide) groups is 1. The highest BCUT2D eigenvalue weighted by Crippen LogP contribution is 2.30. The second-order valence-electron chi connectivity index (χ2n) is 3.20. The molecular weight excluding hydrogens is 187 g/mol. The van der Waals surface area contributed by atoms with Gasteiger partial charge in [-0.05, 0) is 35.4 Å². The fourth-order valence-electron chi connectivity index (χ4n) is 1.54. The molecule has 1 heterocycles. The lowest BCUT2D eigenvalue weighted by Gasteiger charge is -2.10. The van der Waals surface area contributed by atoms with Crippen molar-refractivity contribution < 1.29 is 9.50 Å². The van der Waals surface area contributed by atoms with Gasteiger partial charge in [0.25, 0.3) is 0 Å². The Labute approximate surface area is 81.0 Å². The lowest BCUT2D eigenvalue weighted by molar-refractivity contribution is 0.174. The van der Waals surface area contributed by atoms with Crippen molar-refractivity contribution in [2.75, 3.05) is 5.75 Å². The molecule has 3 heteroatoms. The van der Waals surface area contributed by atoms with E-state index in [0.29, 0.717) is 0 Å². The van der Waals surface area contributed by atoms with Gasteiger partial charge in [-0.2, -0.15) is 11.8 Å². The van der Waals surface area contributed by atoms with E-state index >= 15 is 0 Å². The number of aliphatic hydroxyl groups excluding tert-OH is 1. The maximum absolute atomic E-state index is 12.9. The van der Waals surface area contributed by atoms with Crippen LogP contribution in [0.3, 0.4) is 0 Å². The minimum Gasteiger partial charge on any atom is -0.388 e. The van der Waals surface area contributed by atoms with Crippen LogP contribution in [-0.4, -0.2) is 10.9 Å². The van der Waals surface area contributed by atoms with Crippen LogP contribution in [-0.2, 0) is 5.75 Å². The van der Waals surface area contributed by atoms with Crippen molar-refractivity contribution in [2.24, 2.45) is 0 Å². The van der Waals surface area contributed by atoms with Crippen LogP contribution < -0.4 is 0 Å². The molecule has 0 amide bonds. The van der Waals surface area contributed by atoms with Crippen LogP contribution in [0.25, 0.3) is 0 Å². The van der Waals surface area contributed by atoms with Crippen LogP contribution in [0.5, 0.6) is 0 Å². The number of hydrogen-bond acceptors (Lipinski definition) is 2. The molecule has 1 atom stereocenters. The molecule has 0 bridgehead atoms. The van der Waals surface area contributed by atoms with Gasteiger partial charge in [0.05, 0.1) is 6.10 Å². The maximum Gasteiger partial charge on any atom is 0.123 e. The Balaban J connectivity index is 2.43. The van der Waals surface area contributed by atoms with Gasteiger partial charge in [0.15, 0.2) is 0 Å². The summed E-state index contributed by atoms with van der Waals surface area (Å²) in [5, 5.41) is 9.69. The molecular formula is C10H11FOS. The fraction of sp³-hybridized carbons (Fsp3) is 0.400. The van der Waals surface area contributed by atoms with Crippen molar-refractivity contribution in [3.05, 3.63) is 35.1 Å². The molecule has 1 aromatic rings. The molecule has 2 rings (SSSR count). The zero-order valence-corrected chi connectivity index (χ0v) is 7.98.